The molecule has 1 atom stereocenters. The fourth-order valence-electron chi connectivity index (χ4n) is 1.65. The maximum Gasteiger partial charge on any atom is 0.343 e. The van der Waals surface area contributed by atoms with Crippen LogP contribution in [0.2, 0.25) is 0 Å². The number of guanidine groups is 1. The third kappa shape index (κ3) is 9.21. The van der Waals surface area contributed by atoms with E-state index in [4.69, 9.17) is 0 Å². The topological polar surface area (TPSA) is 78.7 Å². The third-order valence-electron chi connectivity index (χ3n) is 2.39. The van der Waals surface area contributed by atoms with Crippen molar-refractivity contribution in [3.05, 3.63) is 0 Å². The van der Waals surface area contributed by atoms with Crippen LogP contribution >= 0.6 is 0 Å². The van der Waals surface area contributed by atoms with E-state index in [0.717, 1.165) is 45.2 Å². The number of hydrogen-bond acceptors (Lipinski definition) is 2. The van der Waals surface area contributed by atoms with Crippen molar-refractivity contribution in [2.24, 2.45) is 0 Å². The molecule has 6 nitrogen and oxygen atoms in total. The lowest BCUT2D eigenvalue weighted by atomic mass is 10.5. The molecule has 0 spiro atoms. The van der Waals surface area contributed by atoms with Crippen LogP contribution in [0.4, 0.5) is 0 Å². The molecule has 0 aliphatic rings. The molecule has 0 fully saturated rings. The molecular weight excluding hydrogens is 228 g/mol. The van der Waals surface area contributed by atoms with Gasteiger partial charge in [-0.1, -0.05) is 6.92 Å². The van der Waals surface area contributed by atoms with Crippen LogP contribution in [-0.2, 0) is 0 Å². The van der Waals surface area contributed by atoms with Crippen LogP contribution in [0, 0.1) is 0 Å². The highest BCUT2D eigenvalue weighted by molar-refractivity contribution is 5.73. The lowest BCUT2D eigenvalue weighted by molar-refractivity contribution is -0.697. The van der Waals surface area contributed by atoms with E-state index >= 15 is 0 Å². The monoisotopic (exact) mass is 260 g/mol. The summed E-state index contributed by atoms with van der Waals surface area (Å²) in [7, 11) is 0. The van der Waals surface area contributed by atoms with Gasteiger partial charge in [-0.25, -0.2) is 0 Å². The first-order chi connectivity index (χ1) is 8.78. The Morgan fingerprint density at radius 3 is 2.17 bits per heavy atom. The molecule has 108 valence electrons. The highest BCUT2D eigenvalue weighted by Gasteiger charge is 2.06. The SMILES string of the molecule is CCNC(NCC)=[NH+]CCNC(NCC)[NH2+]CC. The highest BCUT2D eigenvalue weighted by Crippen LogP contribution is 1.61. The fourth-order valence-corrected chi connectivity index (χ4v) is 1.65. The molecule has 0 amide bonds. The van der Waals surface area contributed by atoms with Gasteiger partial charge in [0.2, 0.25) is 0 Å². The maximum absolute atomic E-state index is 3.46. The first-order valence-corrected chi connectivity index (χ1v) is 7.17. The average molecular weight is 260 g/mol. The van der Waals surface area contributed by atoms with Crippen molar-refractivity contribution in [3.63, 3.8) is 0 Å². The van der Waals surface area contributed by atoms with E-state index in [1.807, 2.05) is 0 Å². The Kier molecular flexibility index (Phi) is 12.0. The molecule has 0 saturated heterocycles. The molecule has 1 unspecified atom stereocenters. The Bertz CT molecular complexity index is 193. The van der Waals surface area contributed by atoms with Gasteiger partial charge < -0.3 is 5.32 Å². The zero-order valence-electron chi connectivity index (χ0n) is 12.4. The van der Waals surface area contributed by atoms with E-state index in [2.05, 4.69) is 59.3 Å². The molecule has 6 heteroatoms. The normalized spacial score (nSPS) is 12.0. The van der Waals surface area contributed by atoms with Gasteiger partial charge in [-0.05, 0) is 27.3 Å². The van der Waals surface area contributed by atoms with Gasteiger partial charge in [-0.2, -0.15) is 0 Å². The molecule has 0 aromatic rings. The van der Waals surface area contributed by atoms with Gasteiger partial charge in [0.1, 0.15) is 0 Å². The van der Waals surface area contributed by atoms with Crippen molar-refractivity contribution in [3.8, 4) is 0 Å². The predicted octanol–water partition coefficient (Wildman–Crippen LogP) is -3.29. The first kappa shape index (κ1) is 17.2. The van der Waals surface area contributed by atoms with Crippen LogP contribution in [0.25, 0.3) is 0 Å². The van der Waals surface area contributed by atoms with E-state index in [1.54, 1.807) is 0 Å². The van der Waals surface area contributed by atoms with Crippen molar-refractivity contribution >= 4 is 5.96 Å². The summed E-state index contributed by atoms with van der Waals surface area (Å²) >= 11 is 0. The van der Waals surface area contributed by atoms with E-state index in [0.29, 0.717) is 6.29 Å². The molecule has 0 aromatic heterocycles. The molecule has 0 heterocycles. The molecule has 0 saturated carbocycles. The van der Waals surface area contributed by atoms with Gasteiger partial charge in [0, 0.05) is 6.54 Å². The third-order valence-corrected chi connectivity index (χ3v) is 2.39. The van der Waals surface area contributed by atoms with E-state index in [1.165, 1.54) is 0 Å². The molecule has 0 aliphatic heterocycles. The number of nitrogens with one attached hydrogen (secondary N) is 5. The number of rotatable bonds is 10. The second kappa shape index (κ2) is 12.6. The molecule has 18 heavy (non-hydrogen) atoms. The van der Waals surface area contributed by atoms with E-state index in [9.17, 15) is 0 Å². The average Bonchev–Trinajstić information content (AvgIpc) is 2.35. The highest BCUT2D eigenvalue weighted by atomic mass is 15.3. The van der Waals surface area contributed by atoms with Gasteiger partial charge in [0.05, 0.1) is 26.2 Å². The van der Waals surface area contributed by atoms with Gasteiger partial charge in [0.25, 0.3) is 0 Å². The van der Waals surface area contributed by atoms with E-state index in [-0.39, 0.29) is 0 Å². The Labute approximate surface area is 111 Å². The lowest BCUT2D eigenvalue weighted by Crippen LogP contribution is -2.96. The van der Waals surface area contributed by atoms with Gasteiger partial charge >= 0.3 is 5.96 Å². The second-order valence-corrected chi connectivity index (χ2v) is 4.00. The molecule has 7 N–H and O–H groups in total. The Balaban J connectivity index is 3.87. The Hall–Kier alpha value is -0.850. The first-order valence-electron chi connectivity index (χ1n) is 7.17. The standard InChI is InChI=1S/C12H30N6/c1-5-13-11(14-6-2)17-9-10-18-12(15-7-3)16-8-4/h11,13-14,17H,5-10H2,1-4H3,(H2,15,16,18)/p+2. The van der Waals surface area contributed by atoms with Crippen molar-refractivity contribution < 1.29 is 10.3 Å². The van der Waals surface area contributed by atoms with Crippen LogP contribution in [0.15, 0.2) is 0 Å². The van der Waals surface area contributed by atoms with Crippen LogP contribution < -0.4 is 31.6 Å². The quantitative estimate of drug-likeness (QED) is 0.108. The minimum Gasteiger partial charge on any atom is -0.319 e. The fraction of sp³-hybridized carbons (Fsp3) is 0.917. The number of nitrogens with two attached hydrogens (primary N) is 1. The molecule has 0 aliphatic carbocycles. The predicted molar refractivity (Wildman–Crippen MR) is 76.1 cm³/mol. The summed E-state index contributed by atoms with van der Waals surface area (Å²) in [5.41, 5.74) is 0. The summed E-state index contributed by atoms with van der Waals surface area (Å²) in [5.74, 6) is 1.02. The summed E-state index contributed by atoms with van der Waals surface area (Å²) in [4.78, 5) is 3.35. The van der Waals surface area contributed by atoms with Crippen molar-refractivity contribution in [1.29, 1.82) is 0 Å². The smallest absolute Gasteiger partial charge is 0.319 e. The minimum absolute atomic E-state index is 0.309. The molecule has 0 aromatic carbocycles. The van der Waals surface area contributed by atoms with Crippen LogP contribution in [0.3, 0.4) is 0 Å². The zero-order chi connectivity index (χ0) is 13.6. The van der Waals surface area contributed by atoms with Crippen molar-refractivity contribution in [2.75, 3.05) is 39.3 Å². The number of quaternary nitrogens is 1. The number of hydrogen-bond donors (Lipinski definition) is 6. The molecule has 0 rings (SSSR count). The Morgan fingerprint density at radius 2 is 1.67 bits per heavy atom. The summed E-state index contributed by atoms with van der Waals surface area (Å²) in [6.07, 6.45) is 0.309. The Morgan fingerprint density at radius 1 is 1.00 bits per heavy atom. The lowest BCUT2D eigenvalue weighted by Gasteiger charge is -2.16. The molecular formula is C12H32N6+2. The van der Waals surface area contributed by atoms with Gasteiger partial charge in [-0.15, -0.1) is 0 Å². The summed E-state index contributed by atoms with van der Waals surface area (Å²) in [5, 5.41) is 15.6. The molecule has 0 bridgehead atoms. The summed E-state index contributed by atoms with van der Waals surface area (Å²) in [6, 6.07) is 0. The summed E-state index contributed by atoms with van der Waals surface area (Å²) in [6.45, 7) is 14.2. The zero-order valence-corrected chi connectivity index (χ0v) is 12.4. The molecule has 0 radical (unpaired) electrons. The van der Waals surface area contributed by atoms with E-state index < -0.39 is 0 Å². The maximum atomic E-state index is 3.46. The minimum atomic E-state index is 0.309. The van der Waals surface area contributed by atoms with Crippen molar-refractivity contribution in [2.45, 2.75) is 34.0 Å². The second-order valence-electron chi connectivity index (χ2n) is 4.00. The van der Waals surface area contributed by atoms with Crippen LogP contribution in [0.5, 0.6) is 0 Å². The van der Waals surface area contributed by atoms with Gasteiger partial charge in [0.15, 0.2) is 6.29 Å². The van der Waals surface area contributed by atoms with Crippen LogP contribution in [-0.4, -0.2) is 51.5 Å². The van der Waals surface area contributed by atoms with Crippen molar-refractivity contribution in [1.82, 2.24) is 21.3 Å². The summed E-state index contributed by atoms with van der Waals surface area (Å²) < 4.78 is 0. The largest absolute Gasteiger partial charge is 0.343 e. The van der Waals surface area contributed by atoms with Gasteiger partial charge in [-0.3, -0.25) is 26.3 Å². The van der Waals surface area contributed by atoms with Crippen LogP contribution in [0.1, 0.15) is 27.7 Å².